The van der Waals surface area contributed by atoms with Gasteiger partial charge in [-0.15, -0.1) is 0 Å². The van der Waals surface area contributed by atoms with E-state index in [4.69, 9.17) is 16.3 Å². The van der Waals surface area contributed by atoms with Crippen LogP contribution in [0.25, 0.3) is 0 Å². The molecule has 6 nitrogen and oxygen atoms in total. The van der Waals surface area contributed by atoms with Gasteiger partial charge in [-0.25, -0.2) is 22.8 Å². The summed E-state index contributed by atoms with van der Waals surface area (Å²) in [5, 5.41) is 0.345. The van der Waals surface area contributed by atoms with Crippen molar-refractivity contribution in [3.05, 3.63) is 71.3 Å². The maximum Gasteiger partial charge on any atom is 0.322 e. The third-order valence-corrected chi connectivity index (χ3v) is 5.16. The molecule has 0 unspecified atom stereocenters. The third kappa shape index (κ3) is 4.09. The molecule has 0 radical (unpaired) electrons. The number of hydrogen-bond donors (Lipinski definition) is 1. The first-order valence-electron chi connectivity index (χ1n) is 7.38. The number of aromatic nitrogens is 2. The Balaban J connectivity index is 1.76. The Bertz CT molecular complexity index is 1040. The Morgan fingerprint density at radius 3 is 2.46 bits per heavy atom. The molecular formula is C17H13ClFN3O3S. The molecule has 1 aromatic heterocycles. The zero-order valence-electron chi connectivity index (χ0n) is 13.5. The quantitative estimate of drug-likeness (QED) is 0.703. The minimum Gasteiger partial charge on any atom is -0.421 e. The summed E-state index contributed by atoms with van der Waals surface area (Å²) in [6.45, 7) is 1.77. The minimum absolute atomic E-state index is 0.0137. The number of aryl methyl sites for hydroxylation is 1. The summed E-state index contributed by atoms with van der Waals surface area (Å²) in [5.74, 6) is -0.591. The third-order valence-electron chi connectivity index (χ3n) is 3.37. The van der Waals surface area contributed by atoms with Crippen LogP contribution in [0, 0.1) is 12.7 Å². The number of nitrogens with zero attached hydrogens (tertiary/aromatic N) is 2. The Hall–Kier alpha value is -2.71. The standard InChI is InChI=1S/C17H13ClFN3O3S/c1-11-6-7-13(8-14(11)18)26(23,24)22-12-9-20-17(21-10-12)25-16-5-3-2-4-15(16)19/h2-10,22H,1H3. The SMILES string of the molecule is Cc1ccc(S(=O)(=O)Nc2cnc(Oc3ccccc3F)nc2)cc1Cl. The lowest BCUT2D eigenvalue weighted by atomic mass is 10.2. The van der Waals surface area contributed by atoms with Gasteiger partial charge in [-0.05, 0) is 36.8 Å². The Morgan fingerprint density at radius 2 is 1.81 bits per heavy atom. The van der Waals surface area contributed by atoms with Gasteiger partial charge in [0.15, 0.2) is 11.6 Å². The van der Waals surface area contributed by atoms with Gasteiger partial charge in [0.2, 0.25) is 0 Å². The summed E-state index contributed by atoms with van der Waals surface area (Å²) in [5.41, 5.74) is 0.895. The van der Waals surface area contributed by atoms with Crippen molar-refractivity contribution in [1.82, 2.24) is 9.97 Å². The molecule has 26 heavy (non-hydrogen) atoms. The monoisotopic (exact) mass is 393 g/mol. The lowest BCUT2D eigenvalue weighted by Gasteiger charge is -2.09. The molecule has 134 valence electrons. The number of halogens is 2. The van der Waals surface area contributed by atoms with Gasteiger partial charge >= 0.3 is 6.01 Å². The molecule has 0 amide bonds. The van der Waals surface area contributed by atoms with E-state index in [1.807, 2.05) is 0 Å². The second-order valence-corrected chi connectivity index (χ2v) is 7.39. The van der Waals surface area contributed by atoms with E-state index in [9.17, 15) is 12.8 Å². The molecule has 0 atom stereocenters. The summed E-state index contributed by atoms with van der Waals surface area (Å²) in [7, 11) is -3.85. The fourth-order valence-corrected chi connectivity index (χ4v) is 3.30. The van der Waals surface area contributed by atoms with Crippen molar-refractivity contribution in [2.24, 2.45) is 0 Å². The van der Waals surface area contributed by atoms with Crippen molar-refractivity contribution in [2.45, 2.75) is 11.8 Å². The highest BCUT2D eigenvalue weighted by Crippen LogP contribution is 2.23. The molecule has 0 aliphatic heterocycles. The first kappa shape index (κ1) is 18.1. The highest BCUT2D eigenvalue weighted by molar-refractivity contribution is 7.92. The molecule has 0 bridgehead atoms. The number of ether oxygens (including phenoxy) is 1. The van der Waals surface area contributed by atoms with Crippen molar-refractivity contribution >= 4 is 27.3 Å². The van der Waals surface area contributed by atoms with Crippen LogP contribution in [-0.2, 0) is 10.0 Å². The van der Waals surface area contributed by atoms with Crippen molar-refractivity contribution in [3.63, 3.8) is 0 Å². The average Bonchev–Trinajstić information content (AvgIpc) is 2.60. The van der Waals surface area contributed by atoms with Crippen LogP contribution in [0.1, 0.15) is 5.56 Å². The van der Waals surface area contributed by atoms with E-state index in [1.165, 1.54) is 42.7 Å². The van der Waals surface area contributed by atoms with Crippen molar-refractivity contribution in [2.75, 3.05) is 4.72 Å². The summed E-state index contributed by atoms with van der Waals surface area (Å²) in [6, 6.07) is 10.1. The molecule has 1 heterocycles. The summed E-state index contributed by atoms with van der Waals surface area (Å²) in [6.07, 6.45) is 2.44. The number of sulfonamides is 1. The fourth-order valence-electron chi connectivity index (χ4n) is 2.00. The Kier molecular flexibility index (Phi) is 5.06. The van der Waals surface area contributed by atoms with Gasteiger partial charge in [-0.1, -0.05) is 29.8 Å². The van der Waals surface area contributed by atoms with Gasteiger partial charge in [0.25, 0.3) is 10.0 Å². The van der Waals surface area contributed by atoms with Crippen LogP contribution in [0.4, 0.5) is 10.1 Å². The van der Waals surface area contributed by atoms with Crippen LogP contribution >= 0.6 is 11.6 Å². The van der Waals surface area contributed by atoms with Gasteiger partial charge in [0.05, 0.1) is 23.0 Å². The predicted molar refractivity (Wildman–Crippen MR) is 95.5 cm³/mol. The van der Waals surface area contributed by atoms with Crippen molar-refractivity contribution in [3.8, 4) is 11.8 Å². The van der Waals surface area contributed by atoms with Gasteiger partial charge in [-0.3, -0.25) is 4.72 Å². The number of para-hydroxylation sites is 1. The smallest absolute Gasteiger partial charge is 0.322 e. The van der Waals surface area contributed by atoms with Crippen LogP contribution in [0.3, 0.4) is 0 Å². The van der Waals surface area contributed by atoms with Crippen molar-refractivity contribution in [1.29, 1.82) is 0 Å². The first-order chi connectivity index (χ1) is 12.3. The van der Waals surface area contributed by atoms with Gasteiger partial charge in [0, 0.05) is 5.02 Å². The molecule has 0 saturated carbocycles. The zero-order valence-corrected chi connectivity index (χ0v) is 15.1. The van der Waals surface area contributed by atoms with E-state index >= 15 is 0 Å². The summed E-state index contributed by atoms with van der Waals surface area (Å²) in [4.78, 5) is 7.76. The maximum absolute atomic E-state index is 13.5. The Morgan fingerprint density at radius 1 is 1.12 bits per heavy atom. The molecule has 0 spiro atoms. The molecule has 0 aliphatic carbocycles. The molecule has 0 saturated heterocycles. The number of hydrogen-bond acceptors (Lipinski definition) is 5. The van der Waals surface area contributed by atoms with E-state index < -0.39 is 15.8 Å². The van der Waals surface area contributed by atoms with Crippen LogP contribution in [0.15, 0.2) is 59.8 Å². The normalized spacial score (nSPS) is 11.2. The van der Waals surface area contributed by atoms with Gasteiger partial charge < -0.3 is 4.74 Å². The zero-order chi connectivity index (χ0) is 18.7. The molecular weight excluding hydrogens is 381 g/mol. The van der Waals surface area contributed by atoms with Crippen molar-refractivity contribution < 1.29 is 17.5 Å². The molecule has 0 fully saturated rings. The minimum atomic E-state index is -3.85. The Labute approximate surface area is 154 Å². The molecule has 3 aromatic rings. The van der Waals surface area contributed by atoms with E-state index in [1.54, 1.807) is 19.1 Å². The summed E-state index contributed by atoms with van der Waals surface area (Å²) < 4.78 is 45.9. The highest BCUT2D eigenvalue weighted by atomic mass is 35.5. The van der Waals surface area contributed by atoms with Gasteiger partial charge in [0.1, 0.15) is 0 Å². The molecule has 3 rings (SSSR count). The second-order valence-electron chi connectivity index (χ2n) is 5.30. The van der Waals surface area contributed by atoms with E-state index in [-0.39, 0.29) is 22.3 Å². The molecule has 2 aromatic carbocycles. The maximum atomic E-state index is 13.5. The lowest BCUT2D eigenvalue weighted by molar-refractivity contribution is 0.411. The fraction of sp³-hybridized carbons (Fsp3) is 0.0588. The van der Waals surface area contributed by atoms with Crippen LogP contribution in [-0.4, -0.2) is 18.4 Å². The van der Waals surface area contributed by atoms with E-state index in [0.29, 0.717) is 5.02 Å². The largest absolute Gasteiger partial charge is 0.421 e. The molecule has 1 N–H and O–H groups in total. The van der Waals surface area contributed by atoms with Crippen LogP contribution in [0.5, 0.6) is 11.8 Å². The lowest BCUT2D eigenvalue weighted by Crippen LogP contribution is -2.13. The van der Waals surface area contributed by atoms with E-state index in [0.717, 1.165) is 5.56 Å². The summed E-state index contributed by atoms with van der Waals surface area (Å²) >= 11 is 5.97. The average molecular weight is 394 g/mol. The number of anilines is 1. The molecule has 9 heteroatoms. The number of nitrogens with one attached hydrogen (secondary N) is 1. The molecule has 0 aliphatic rings. The second kappa shape index (κ2) is 7.27. The number of rotatable bonds is 5. The van der Waals surface area contributed by atoms with Crippen LogP contribution < -0.4 is 9.46 Å². The predicted octanol–water partition coefficient (Wildman–Crippen LogP) is 4.17. The highest BCUT2D eigenvalue weighted by Gasteiger charge is 2.16. The topological polar surface area (TPSA) is 81.2 Å². The number of benzene rings is 2. The van der Waals surface area contributed by atoms with E-state index in [2.05, 4.69) is 14.7 Å². The van der Waals surface area contributed by atoms with Gasteiger partial charge in [-0.2, -0.15) is 0 Å². The van der Waals surface area contributed by atoms with Crippen LogP contribution in [0.2, 0.25) is 5.02 Å². The first-order valence-corrected chi connectivity index (χ1v) is 9.25.